The van der Waals surface area contributed by atoms with Gasteiger partial charge in [0.15, 0.2) is 0 Å². The van der Waals surface area contributed by atoms with Gasteiger partial charge in [-0.05, 0) is 252 Å². The first-order chi connectivity index (χ1) is 30.1. The van der Waals surface area contributed by atoms with Crippen LogP contribution in [0.4, 0.5) is 11.4 Å². The molecule has 14 aromatic carbocycles. The summed E-state index contributed by atoms with van der Waals surface area (Å²) in [5.74, 6) is 0. The molecule has 0 amide bonds. The van der Waals surface area contributed by atoms with Crippen molar-refractivity contribution in [1.29, 1.82) is 0 Å². The van der Waals surface area contributed by atoms with Gasteiger partial charge in [-0.2, -0.15) is 0 Å². The third-order valence-electron chi connectivity index (χ3n) is 13.3. The molecule has 1 nitrogen and oxygen atoms in total. The second kappa shape index (κ2) is 12.3. The van der Waals surface area contributed by atoms with Crippen LogP contribution in [0.15, 0.2) is 206 Å². The summed E-state index contributed by atoms with van der Waals surface area (Å²) >= 11 is 0. The zero-order chi connectivity index (χ0) is 39.8. The van der Waals surface area contributed by atoms with E-state index in [2.05, 4.69) is 206 Å². The van der Waals surface area contributed by atoms with Gasteiger partial charge >= 0.3 is 0 Å². The maximum Gasteiger partial charge on any atom is 0.0715 e. The maximum absolute atomic E-state index is 5.42. The average Bonchev–Trinajstić information content (AvgIpc) is 3.27. The van der Waals surface area contributed by atoms with E-state index in [0.29, 0.717) is 0 Å². The first-order valence-corrected chi connectivity index (χ1v) is 21.1. The molecule has 0 saturated carbocycles. The van der Waals surface area contributed by atoms with E-state index in [4.69, 9.17) is 5.32 Å². The highest BCUT2D eigenvalue weighted by atomic mass is 14.9. The van der Waals surface area contributed by atoms with E-state index in [-0.39, 0.29) is 0 Å². The van der Waals surface area contributed by atoms with E-state index in [1.54, 1.807) is 0 Å². The lowest BCUT2D eigenvalue weighted by Crippen LogP contribution is -1.92. The van der Waals surface area contributed by atoms with Crippen LogP contribution in [0, 0.1) is 0 Å². The molecule has 0 aliphatic carbocycles. The summed E-state index contributed by atoms with van der Waals surface area (Å²) in [5.41, 5.74) is 1.96. The summed E-state index contributed by atoms with van der Waals surface area (Å²) in [4.78, 5) is 0. The highest BCUT2D eigenvalue weighted by Crippen LogP contribution is 2.39. The Balaban J connectivity index is 0.864. The Morgan fingerprint density at radius 2 is 0.361 bits per heavy atom. The van der Waals surface area contributed by atoms with Crippen molar-refractivity contribution in [2.24, 2.45) is 0 Å². The molecule has 0 aromatic heterocycles. The summed E-state index contributed by atoms with van der Waals surface area (Å²) in [7, 11) is 0. The standard InChI is InChI=1S/C60H34N/c1-3-9-37-17-43-23-49-29-53-31-55-33-57-39(19-45(55)25-51(53)27-47(49)21-41(43)15-35(37)7-1)11-5-13-59(57)61-60-14-6-12-40-20-46-26-52-28-48-22-42-16-36-8-2-4-10-38(36)18-44(42)24-50(48)30-54(52)32-56(46)34-58(40)60/h1-34H. The summed E-state index contributed by atoms with van der Waals surface area (Å²) < 4.78 is 0. The molecule has 0 aliphatic heterocycles. The summed E-state index contributed by atoms with van der Waals surface area (Å²) in [6, 6.07) is 77.1. The molecule has 0 fully saturated rings. The molecule has 279 valence electrons. The second-order valence-corrected chi connectivity index (χ2v) is 17.1. The van der Waals surface area contributed by atoms with Gasteiger partial charge in [0.05, 0.1) is 11.4 Å². The average molecular weight is 769 g/mol. The molecular formula is C60H34N. The van der Waals surface area contributed by atoms with Gasteiger partial charge in [0.25, 0.3) is 0 Å². The quantitative estimate of drug-likeness (QED) is 0.156. The van der Waals surface area contributed by atoms with Crippen molar-refractivity contribution in [3.05, 3.63) is 206 Å². The maximum atomic E-state index is 5.42. The fourth-order valence-electron chi connectivity index (χ4n) is 10.2. The molecule has 0 unspecified atom stereocenters. The van der Waals surface area contributed by atoms with Crippen molar-refractivity contribution in [1.82, 2.24) is 5.32 Å². The SMILES string of the molecule is c1ccc2cc3cc4cc5cc6cc7c([N]c8cccc9cc%10cc%11cc%12cc%13cc%14ccccc%14cc%13cc%12cc%11cc%10cc89)cccc7cc6cc5cc4cc3cc2c1. The minimum atomic E-state index is 0.981. The number of hydrogen-bond donors (Lipinski definition) is 0. The van der Waals surface area contributed by atoms with Crippen LogP contribution in [0.25, 0.3) is 129 Å². The van der Waals surface area contributed by atoms with Crippen LogP contribution < -0.4 is 5.32 Å². The molecule has 14 aromatic rings. The van der Waals surface area contributed by atoms with Crippen molar-refractivity contribution in [3.63, 3.8) is 0 Å². The molecule has 0 N–H and O–H groups in total. The normalized spacial score (nSPS) is 12.3. The Bertz CT molecular complexity index is 3980. The fourth-order valence-corrected chi connectivity index (χ4v) is 10.2. The number of hydrogen-bond acceptors (Lipinski definition) is 0. The van der Waals surface area contributed by atoms with E-state index in [9.17, 15) is 0 Å². The third kappa shape index (κ3) is 5.21. The van der Waals surface area contributed by atoms with Crippen LogP contribution in [-0.4, -0.2) is 0 Å². The summed E-state index contributed by atoms with van der Waals surface area (Å²) in [5, 5.41) is 35.3. The molecule has 0 bridgehead atoms. The largest absolute Gasteiger partial charge is 0.248 e. The molecular weight excluding hydrogens is 735 g/mol. The van der Waals surface area contributed by atoms with Gasteiger partial charge in [-0.1, -0.05) is 72.8 Å². The molecule has 0 atom stereocenters. The van der Waals surface area contributed by atoms with Gasteiger partial charge < -0.3 is 0 Å². The van der Waals surface area contributed by atoms with Crippen LogP contribution in [0.1, 0.15) is 0 Å². The number of nitrogens with zero attached hydrogens (tertiary/aromatic N) is 1. The van der Waals surface area contributed by atoms with E-state index in [1.807, 2.05) is 0 Å². The van der Waals surface area contributed by atoms with Crippen molar-refractivity contribution in [2.45, 2.75) is 0 Å². The summed E-state index contributed by atoms with van der Waals surface area (Å²) in [6.07, 6.45) is 0. The number of benzene rings is 14. The van der Waals surface area contributed by atoms with Gasteiger partial charge in [-0.25, -0.2) is 5.32 Å². The fraction of sp³-hybridized carbons (Fsp3) is 0. The van der Waals surface area contributed by atoms with Crippen molar-refractivity contribution >= 4 is 141 Å². The van der Waals surface area contributed by atoms with Crippen molar-refractivity contribution < 1.29 is 0 Å². The van der Waals surface area contributed by atoms with E-state index >= 15 is 0 Å². The Morgan fingerprint density at radius 1 is 0.164 bits per heavy atom. The third-order valence-corrected chi connectivity index (χ3v) is 13.3. The van der Waals surface area contributed by atoms with Gasteiger partial charge in [-0.15, -0.1) is 0 Å². The molecule has 0 saturated heterocycles. The topological polar surface area (TPSA) is 14.1 Å². The van der Waals surface area contributed by atoms with E-state index < -0.39 is 0 Å². The van der Waals surface area contributed by atoms with Crippen LogP contribution >= 0.6 is 0 Å². The lowest BCUT2D eigenvalue weighted by Gasteiger charge is -2.13. The van der Waals surface area contributed by atoms with Crippen LogP contribution in [0.2, 0.25) is 0 Å². The number of rotatable bonds is 2. The number of fused-ring (bicyclic) bond motifs is 12. The second-order valence-electron chi connectivity index (χ2n) is 17.1. The Morgan fingerprint density at radius 3 is 0.623 bits per heavy atom. The summed E-state index contributed by atoms with van der Waals surface area (Å²) in [6.45, 7) is 0. The molecule has 1 heteroatoms. The minimum Gasteiger partial charge on any atom is -0.248 e. The molecule has 0 spiro atoms. The molecule has 0 heterocycles. The van der Waals surface area contributed by atoms with Gasteiger partial charge in [0.1, 0.15) is 0 Å². The zero-order valence-electron chi connectivity index (χ0n) is 33.1. The predicted molar refractivity (Wildman–Crippen MR) is 264 cm³/mol. The highest BCUT2D eigenvalue weighted by Gasteiger charge is 2.12. The van der Waals surface area contributed by atoms with Crippen molar-refractivity contribution in [3.8, 4) is 0 Å². The smallest absolute Gasteiger partial charge is 0.0715 e. The first kappa shape index (κ1) is 32.9. The molecule has 14 rings (SSSR count). The van der Waals surface area contributed by atoms with Gasteiger partial charge in [0, 0.05) is 10.8 Å². The van der Waals surface area contributed by atoms with Gasteiger partial charge in [-0.3, -0.25) is 0 Å². The zero-order valence-corrected chi connectivity index (χ0v) is 33.1. The molecule has 1 radical (unpaired) electrons. The van der Waals surface area contributed by atoms with E-state index in [0.717, 1.165) is 22.1 Å². The predicted octanol–water partition coefficient (Wildman–Crippen LogP) is 17.1. The lowest BCUT2D eigenvalue weighted by atomic mass is 9.94. The highest BCUT2D eigenvalue weighted by molar-refractivity contribution is 6.15. The Kier molecular flexibility index (Phi) is 6.62. The lowest BCUT2D eigenvalue weighted by molar-refractivity contribution is 1.22. The van der Waals surface area contributed by atoms with Crippen LogP contribution in [0.3, 0.4) is 0 Å². The van der Waals surface area contributed by atoms with Crippen molar-refractivity contribution in [2.75, 3.05) is 0 Å². The van der Waals surface area contributed by atoms with E-state index in [1.165, 1.54) is 118 Å². The van der Waals surface area contributed by atoms with Gasteiger partial charge in [0.2, 0.25) is 0 Å². The molecule has 61 heavy (non-hydrogen) atoms. The van der Waals surface area contributed by atoms with Crippen LogP contribution in [0.5, 0.6) is 0 Å². The minimum absolute atomic E-state index is 0.981. The molecule has 0 aliphatic rings. The monoisotopic (exact) mass is 768 g/mol. The Labute approximate surface area is 350 Å². The van der Waals surface area contributed by atoms with Crippen LogP contribution in [-0.2, 0) is 0 Å². The Hall–Kier alpha value is -8.00. The first-order valence-electron chi connectivity index (χ1n) is 21.1.